The van der Waals surface area contributed by atoms with Gasteiger partial charge in [-0.15, -0.1) is 0 Å². The van der Waals surface area contributed by atoms with Crippen LogP contribution in [-0.4, -0.2) is 25.5 Å². The molecule has 96 valence electrons. The van der Waals surface area contributed by atoms with Crippen molar-refractivity contribution in [3.05, 3.63) is 24.5 Å². The van der Waals surface area contributed by atoms with Crippen molar-refractivity contribution in [2.75, 3.05) is 6.54 Å². The Labute approximate surface area is 102 Å². The molecule has 0 aliphatic heterocycles. The molecule has 0 saturated heterocycles. The maximum atomic E-state index is 11.9. The van der Waals surface area contributed by atoms with Gasteiger partial charge >= 0.3 is 0 Å². The fourth-order valence-corrected chi connectivity index (χ4v) is 2.43. The van der Waals surface area contributed by atoms with Crippen molar-refractivity contribution >= 4 is 10.0 Å². The van der Waals surface area contributed by atoms with Gasteiger partial charge in [0, 0.05) is 24.5 Å². The number of nitrogens with two attached hydrogens (primary N) is 1. The topological polar surface area (TPSA) is 85.1 Å². The fraction of sp³-hybridized carbons (Fsp3) is 0.545. The van der Waals surface area contributed by atoms with E-state index < -0.39 is 15.6 Å². The van der Waals surface area contributed by atoms with Crippen molar-refractivity contribution in [3.63, 3.8) is 0 Å². The molecule has 17 heavy (non-hydrogen) atoms. The van der Waals surface area contributed by atoms with Gasteiger partial charge in [0.15, 0.2) is 0 Å². The van der Waals surface area contributed by atoms with Crippen LogP contribution in [0.3, 0.4) is 0 Å². The molecule has 0 bridgehead atoms. The third kappa shape index (κ3) is 3.76. The van der Waals surface area contributed by atoms with Crippen LogP contribution in [0.1, 0.15) is 26.7 Å². The minimum atomic E-state index is -3.51. The van der Waals surface area contributed by atoms with Gasteiger partial charge < -0.3 is 5.73 Å². The Bertz CT molecular complexity index is 441. The van der Waals surface area contributed by atoms with Crippen LogP contribution in [0.2, 0.25) is 0 Å². The van der Waals surface area contributed by atoms with Crippen molar-refractivity contribution < 1.29 is 8.42 Å². The molecule has 1 aromatic rings. The van der Waals surface area contributed by atoms with Gasteiger partial charge in [0.1, 0.15) is 4.90 Å². The number of nitrogens with one attached hydrogen (secondary N) is 1. The molecule has 3 N–H and O–H groups in total. The summed E-state index contributed by atoms with van der Waals surface area (Å²) in [6, 6.07) is 3.09. The highest BCUT2D eigenvalue weighted by molar-refractivity contribution is 7.89. The van der Waals surface area contributed by atoms with Crippen LogP contribution in [0.5, 0.6) is 0 Å². The number of aromatic nitrogens is 1. The lowest BCUT2D eigenvalue weighted by atomic mass is 9.95. The van der Waals surface area contributed by atoms with E-state index in [4.69, 9.17) is 5.73 Å². The zero-order chi connectivity index (χ0) is 12.9. The third-order valence-electron chi connectivity index (χ3n) is 2.97. The van der Waals surface area contributed by atoms with Gasteiger partial charge in [-0.25, -0.2) is 13.1 Å². The van der Waals surface area contributed by atoms with Gasteiger partial charge in [0.25, 0.3) is 0 Å². The number of hydrogen-bond acceptors (Lipinski definition) is 4. The Morgan fingerprint density at radius 1 is 1.41 bits per heavy atom. The van der Waals surface area contributed by atoms with Crippen LogP contribution in [0.4, 0.5) is 0 Å². The van der Waals surface area contributed by atoms with E-state index in [1.165, 1.54) is 18.5 Å². The first kappa shape index (κ1) is 14.1. The van der Waals surface area contributed by atoms with Gasteiger partial charge in [-0.2, -0.15) is 0 Å². The lowest BCUT2D eigenvalue weighted by Crippen LogP contribution is -2.49. The van der Waals surface area contributed by atoms with Crippen molar-refractivity contribution in [1.82, 2.24) is 9.71 Å². The maximum absolute atomic E-state index is 11.9. The van der Waals surface area contributed by atoms with Crippen LogP contribution >= 0.6 is 0 Å². The summed E-state index contributed by atoms with van der Waals surface area (Å²) in [7, 11) is -3.51. The maximum Gasteiger partial charge on any atom is 0.242 e. The monoisotopic (exact) mass is 257 g/mol. The van der Waals surface area contributed by atoms with E-state index in [1.54, 1.807) is 6.07 Å². The minimum absolute atomic E-state index is 0.162. The third-order valence-corrected chi connectivity index (χ3v) is 4.35. The Morgan fingerprint density at radius 3 is 2.53 bits per heavy atom. The first-order chi connectivity index (χ1) is 7.93. The quantitative estimate of drug-likeness (QED) is 0.792. The molecular formula is C11H19N3O2S. The number of rotatable bonds is 6. The second-order valence-corrected chi connectivity index (χ2v) is 5.85. The summed E-state index contributed by atoms with van der Waals surface area (Å²) in [6.45, 7) is 4.13. The Hall–Kier alpha value is -0.980. The first-order valence-corrected chi connectivity index (χ1v) is 7.10. The molecule has 0 unspecified atom stereocenters. The fourth-order valence-electron chi connectivity index (χ4n) is 1.33. The average molecular weight is 257 g/mol. The molecule has 0 spiro atoms. The first-order valence-electron chi connectivity index (χ1n) is 5.62. The van der Waals surface area contributed by atoms with Crippen molar-refractivity contribution in [2.24, 2.45) is 5.73 Å². The summed E-state index contributed by atoms with van der Waals surface area (Å²) in [6.07, 6.45) is 4.29. The zero-order valence-corrected chi connectivity index (χ0v) is 11.0. The molecule has 0 aromatic carbocycles. The highest BCUT2D eigenvalue weighted by Crippen LogP contribution is 2.12. The molecule has 0 amide bonds. The molecule has 1 aromatic heterocycles. The van der Waals surface area contributed by atoms with E-state index in [0.717, 1.165) is 12.8 Å². The van der Waals surface area contributed by atoms with Crippen LogP contribution in [0.15, 0.2) is 29.4 Å². The molecule has 6 heteroatoms. The van der Waals surface area contributed by atoms with Gasteiger partial charge in [0.05, 0.1) is 0 Å². The van der Waals surface area contributed by atoms with Crippen molar-refractivity contribution in [2.45, 2.75) is 37.1 Å². The molecule has 0 aliphatic carbocycles. The second kappa shape index (κ2) is 5.57. The summed E-state index contributed by atoms with van der Waals surface area (Å²) in [4.78, 5) is 3.95. The number of hydrogen-bond donors (Lipinski definition) is 2. The molecule has 0 radical (unpaired) electrons. The summed E-state index contributed by atoms with van der Waals surface area (Å²) < 4.78 is 26.3. The molecule has 1 heterocycles. The van der Waals surface area contributed by atoms with Crippen molar-refractivity contribution in [1.29, 1.82) is 0 Å². The number of sulfonamides is 1. The smallest absolute Gasteiger partial charge is 0.242 e. The van der Waals surface area contributed by atoms with Crippen LogP contribution in [0, 0.1) is 0 Å². The predicted octanol–water partition coefficient (Wildman–Crippen LogP) is 0.877. The highest BCUT2D eigenvalue weighted by Gasteiger charge is 2.23. The molecule has 5 nitrogen and oxygen atoms in total. The molecule has 0 atom stereocenters. The van der Waals surface area contributed by atoms with Crippen LogP contribution in [-0.2, 0) is 10.0 Å². The van der Waals surface area contributed by atoms with Gasteiger partial charge in [-0.1, -0.05) is 13.8 Å². The van der Waals surface area contributed by atoms with E-state index >= 15 is 0 Å². The number of pyridine rings is 1. The minimum Gasteiger partial charge on any atom is -0.324 e. The average Bonchev–Trinajstić information content (AvgIpc) is 2.37. The molecule has 0 aliphatic rings. The number of nitrogens with zero attached hydrogens (tertiary/aromatic N) is 1. The summed E-state index contributed by atoms with van der Waals surface area (Å²) in [5, 5.41) is 0. The standard InChI is InChI=1S/C11H19N3O2S/c1-3-11(12,4-2)9-14-17(15,16)10-6-5-7-13-8-10/h5-8,14H,3-4,9,12H2,1-2H3. The van der Waals surface area contributed by atoms with E-state index in [0.29, 0.717) is 0 Å². The summed E-state index contributed by atoms with van der Waals surface area (Å²) >= 11 is 0. The Kier molecular flexibility index (Phi) is 4.62. The Morgan fingerprint density at radius 2 is 2.06 bits per heavy atom. The molecule has 1 rings (SSSR count). The normalized spacial score (nSPS) is 12.6. The van der Waals surface area contributed by atoms with Gasteiger partial charge in [-0.3, -0.25) is 4.98 Å². The van der Waals surface area contributed by atoms with E-state index in [2.05, 4.69) is 9.71 Å². The summed E-state index contributed by atoms with van der Waals surface area (Å²) in [5.41, 5.74) is 5.55. The zero-order valence-electron chi connectivity index (χ0n) is 10.2. The van der Waals surface area contributed by atoms with E-state index in [9.17, 15) is 8.42 Å². The van der Waals surface area contributed by atoms with Crippen molar-refractivity contribution in [3.8, 4) is 0 Å². The van der Waals surface area contributed by atoms with E-state index in [1.807, 2.05) is 13.8 Å². The summed E-state index contributed by atoms with van der Waals surface area (Å²) in [5.74, 6) is 0. The van der Waals surface area contributed by atoms with Gasteiger partial charge in [0.2, 0.25) is 10.0 Å². The molecule has 0 fully saturated rings. The van der Waals surface area contributed by atoms with Gasteiger partial charge in [-0.05, 0) is 25.0 Å². The van der Waals surface area contributed by atoms with E-state index in [-0.39, 0.29) is 11.4 Å². The predicted molar refractivity (Wildman–Crippen MR) is 66.9 cm³/mol. The van der Waals surface area contributed by atoms with Crippen LogP contribution in [0.25, 0.3) is 0 Å². The second-order valence-electron chi connectivity index (χ2n) is 4.08. The lowest BCUT2D eigenvalue weighted by molar-refractivity contribution is 0.391. The SMILES string of the molecule is CCC(N)(CC)CNS(=O)(=O)c1cccnc1. The lowest BCUT2D eigenvalue weighted by Gasteiger charge is -2.26. The largest absolute Gasteiger partial charge is 0.324 e. The Balaban J connectivity index is 2.76. The molecular weight excluding hydrogens is 238 g/mol. The molecule has 0 saturated carbocycles. The van der Waals surface area contributed by atoms with Crippen LogP contribution < -0.4 is 10.5 Å². The highest BCUT2D eigenvalue weighted by atomic mass is 32.2.